The first kappa shape index (κ1) is 16.3. The first-order valence-electron chi connectivity index (χ1n) is 8.60. The molecule has 3 aromatic rings. The average molecular weight is 345 g/mol. The molecule has 0 aromatic heterocycles. The Kier molecular flexibility index (Phi) is 3.76. The van der Waals surface area contributed by atoms with E-state index in [4.69, 9.17) is 0 Å². The van der Waals surface area contributed by atoms with Gasteiger partial charge in [-0.15, -0.1) is 0 Å². The standard InChI is InChI=1S/C22H19NO3/c1-22(13-20(24)25)18-11-4-5-12-19(18)23(21(22)26)14-16-9-6-8-15-7-2-3-10-17(15)16/h2-12H,13-14H2,1H3,(H,24,25)/t22-/m1/s1. The molecule has 4 heteroatoms. The van der Waals surface area contributed by atoms with Crippen molar-refractivity contribution in [2.75, 3.05) is 4.90 Å². The number of anilines is 1. The molecule has 26 heavy (non-hydrogen) atoms. The third-order valence-electron chi connectivity index (χ3n) is 5.22. The summed E-state index contributed by atoms with van der Waals surface area (Å²) in [5.41, 5.74) is 1.60. The fraction of sp³-hybridized carbons (Fsp3) is 0.182. The van der Waals surface area contributed by atoms with Crippen LogP contribution < -0.4 is 4.90 Å². The van der Waals surface area contributed by atoms with E-state index in [-0.39, 0.29) is 12.3 Å². The second kappa shape index (κ2) is 5.99. The Balaban J connectivity index is 1.80. The summed E-state index contributed by atoms with van der Waals surface area (Å²) < 4.78 is 0. The van der Waals surface area contributed by atoms with Gasteiger partial charge >= 0.3 is 5.97 Å². The molecule has 0 fully saturated rings. The highest BCUT2D eigenvalue weighted by Gasteiger charge is 2.48. The van der Waals surface area contributed by atoms with Crippen LogP contribution in [0, 0.1) is 0 Å². The third kappa shape index (κ3) is 2.46. The number of benzene rings is 3. The summed E-state index contributed by atoms with van der Waals surface area (Å²) in [6.07, 6.45) is -0.213. The summed E-state index contributed by atoms with van der Waals surface area (Å²) >= 11 is 0. The number of hydrogen-bond acceptors (Lipinski definition) is 2. The van der Waals surface area contributed by atoms with Crippen molar-refractivity contribution in [1.82, 2.24) is 0 Å². The molecule has 4 rings (SSSR count). The van der Waals surface area contributed by atoms with Crippen LogP contribution in [0.1, 0.15) is 24.5 Å². The van der Waals surface area contributed by atoms with Gasteiger partial charge in [-0.1, -0.05) is 60.7 Å². The maximum Gasteiger partial charge on any atom is 0.304 e. The Hall–Kier alpha value is -3.14. The van der Waals surface area contributed by atoms with E-state index in [0.717, 1.165) is 27.6 Å². The van der Waals surface area contributed by atoms with Gasteiger partial charge in [0.25, 0.3) is 0 Å². The molecule has 1 amide bonds. The predicted molar refractivity (Wildman–Crippen MR) is 101 cm³/mol. The van der Waals surface area contributed by atoms with Gasteiger partial charge in [-0.05, 0) is 34.9 Å². The molecule has 0 unspecified atom stereocenters. The van der Waals surface area contributed by atoms with Crippen LogP contribution in [0.4, 0.5) is 5.69 Å². The highest BCUT2D eigenvalue weighted by Crippen LogP contribution is 2.44. The molecule has 0 aliphatic carbocycles. The van der Waals surface area contributed by atoms with Gasteiger partial charge < -0.3 is 10.0 Å². The summed E-state index contributed by atoms with van der Waals surface area (Å²) in [4.78, 5) is 26.3. The highest BCUT2D eigenvalue weighted by atomic mass is 16.4. The molecular formula is C22H19NO3. The molecule has 1 heterocycles. The van der Waals surface area contributed by atoms with Crippen LogP contribution in [0.15, 0.2) is 66.7 Å². The smallest absolute Gasteiger partial charge is 0.304 e. The number of amides is 1. The van der Waals surface area contributed by atoms with Crippen LogP contribution in [0.3, 0.4) is 0 Å². The van der Waals surface area contributed by atoms with Crippen molar-refractivity contribution in [3.8, 4) is 0 Å². The van der Waals surface area contributed by atoms with E-state index in [1.54, 1.807) is 11.8 Å². The number of rotatable bonds is 4. The van der Waals surface area contributed by atoms with Crippen molar-refractivity contribution in [2.45, 2.75) is 25.3 Å². The van der Waals surface area contributed by atoms with Gasteiger partial charge in [-0.3, -0.25) is 9.59 Å². The number of aliphatic carboxylic acids is 1. The molecule has 1 aliphatic rings. The zero-order valence-electron chi connectivity index (χ0n) is 14.5. The Morgan fingerprint density at radius 1 is 1.00 bits per heavy atom. The van der Waals surface area contributed by atoms with Crippen LogP contribution >= 0.6 is 0 Å². The summed E-state index contributed by atoms with van der Waals surface area (Å²) in [7, 11) is 0. The second-order valence-electron chi connectivity index (χ2n) is 6.95. The van der Waals surface area contributed by atoms with Crippen molar-refractivity contribution in [1.29, 1.82) is 0 Å². The van der Waals surface area contributed by atoms with Crippen LogP contribution in [0.5, 0.6) is 0 Å². The van der Waals surface area contributed by atoms with Gasteiger partial charge in [-0.25, -0.2) is 0 Å². The van der Waals surface area contributed by atoms with Crippen molar-refractivity contribution < 1.29 is 14.7 Å². The highest BCUT2D eigenvalue weighted by molar-refractivity contribution is 6.09. The van der Waals surface area contributed by atoms with E-state index in [0.29, 0.717) is 6.54 Å². The Morgan fingerprint density at radius 3 is 2.50 bits per heavy atom. The molecule has 0 radical (unpaired) electrons. The second-order valence-corrected chi connectivity index (χ2v) is 6.95. The lowest BCUT2D eigenvalue weighted by molar-refractivity contribution is -0.141. The van der Waals surface area contributed by atoms with Crippen molar-refractivity contribution in [3.05, 3.63) is 77.9 Å². The minimum atomic E-state index is -1.03. The molecule has 1 aliphatic heterocycles. The van der Waals surface area contributed by atoms with Crippen molar-refractivity contribution in [3.63, 3.8) is 0 Å². The number of fused-ring (bicyclic) bond motifs is 2. The fourth-order valence-electron chi connectivity index (χ4n) is 3.93. The van der Waals surface area contributed by atoms with Gasteiger partial charge in [0.1, 0.15) is 0 Å². The SMILES string of the molecule is C[C@]1(CC(=O)O)C(=O)N(Cc2cccc3ccccc23)c2ccccc21. The third-order valence-corrected chi connectivity index (χ3v) is 5.22. The number of nitrogens with zero attached hydrogens (tertiary/aromatic N) is 1. The number of para-hydroxylation sites is 1. The Morgan fingerprint density at radius 2 is 1.69 bits per heavy atom. The summed E-state index contributed by atoms with van der Waals surface area (Å²) in [5.74, 6) is -1.13. The predicted octanol–water partition coefficient (Wildman–Crippen LogP) is 4.12. The lowest BCUT2D eigenvalue weighted by Gasteiger charge is -2.23. The van der Waals surface area contributed by atoms with Gasteiger partial charge in [0.15, 0.2) is 0 Å². The van der Waals surface area contributed by atoms with Crippen LogP contribution in [-0.2, 0) is 21.5 Å². The Bertz CT molecular complexity index is 1020. The van der Waals surface area contributed by atoms with E-state index in [1.165, 1.54) is 0 Å². The van der Waals surface area contributed by atoms with Crippen LogP contribution in [0.25, 0.3) is 10.8 Å². The lowest BCUT2D eigenvalue weighted by Crippen LogP contribution is -2.39. The molecule has 0 spiro atoms. The lowest BCUT2D eigenvalue weighted by atomic mass is 9.81. The van der Waals surface area contributed by atoms with Gasteiger partial charge in [0.05, 0.1) is 18.4 Å². The number of carbonyl (C=O) groups excluding carboxylic acids is 1. The summed E-state index contributed by atoms with van der Waals surface area (Å²) in [6.45, 7) is 2.15. The molecule has 1 N–H and O–H groups in total. The number of carboxylic acids is 1. The molecule has 1 atom stereocenters. The minimum absolute atomic E-state index is 0.158. The zero-order chi connectivity index (χ0) is 18.3. The molecular weight excluding hydrogens is 326 g/mol. The maximum atomic E-state index is 13.2. The first-order valence-corrected chi connectivity index (χ1v) is 8.60. The normalized spacial score (nSPS) is 19.0. The van der Waals surface area contributed by atoms with E-state index >= 15 is 0 Å². The number of carbonyl (C=O) groups is 2. The first-order chi connectivity index (χ1) is 12.5. The van der Waals surface area contributed by atoms with Crippen molar-refractivity contribution in [2.24, 2.45) is 0 Å². The zero-order valence-corrected chi connectivity index (χ0v) is 14.5. The van der Waals surface area contributed by atoms with E-state index in [9.17, 15) is 14.7 Å². The molecule has 130 valence electrons. The van der Waals surface area contributed by atoms with Crippen LogP contribution in [0.2, 0.25) is 0 Å². The Labute approximate surface area is 151 Å². The van der Waals surface area contributed by atoms with Gasteiger partial charge in [0, 0.05) is 5.69 Å². The molecule has 3 aromatic carbocycles. The molecule has 4 nitrogen and oxygen atoms in total. The maximum absolute atomic E-state index is 13.2. The van der Waals surface area contributed by atoms with E-state index in [2.05, 4.69) is 0 Å². The van der Waals surface area contributed by atoms with Gasteiger partial charge in [0.2, 0.25) is 5.91 Å². The van der Waals surface area contributed by atoms with E-state index in [1.807, 2.05) is 66.7 Å². The van der Waals surface area contributed by atoms with Crippen molar-refractivity contribution >= 4 is 28.3 Å². The fourth-order valence-corrected chi connectivity index (χ4v) is 3.93. The molecule has 0 saturated heterocycles. The molecule has 0 bridgehead atoms. The van der Waals surface area contributed by atoms with E-state index < -0.39 is 11.4 Å². The quantitative estimate of drug-likeness (QED) is 0.774. The molecule has 0 saturated carbocycles. The summed E-state index contributed by atoms with van der Waals surface area (Å²) in [5, 5.41) is 11.6. The summed E-state index contributed by atoms with van der Waals surface area (Å²) in [6, 6.07) is 21.6. The average Bonchev–Trinajstić information content (AvgIpc) is 2.84. The minimum Gasteiger partial charge on any atom is -0.481 e. The topological polar surface area (TPSA) is 57.6 Å². The van der Waals surface area contributed by atoms with Crippen LogP contribution in [-0.4, -0.2) is 17.0 Å². The number of carboxylic acid groups (broad SMARTS) is 1. The van der Waals surface area contributed by atoms with Gasteiger partial charge in [-0.2, -0.15) is 0 Å². The monoisotopic (exact) mass is 345 g/mol. The number of hydrogen-bond donors (Lipinski definition) is 1. The largest absolute Gasteiger partial charge is 0.481 e.